The van der Waals surface area contributed by atoms with Crippen LogP contribution in [-0.4, -0.2) is 21.8 Å². The van der Waals surface area contributed by atoms with Crippen LogP contribution in [0.4, 0.5) is 5.69 Å². The lowest BCUT2D eigenvalue weighted by atomic mass is 10.0. The van der Waals surface area contributed by atoms with Gasteiger partial charge in [0.1, 0.15) is 5.82 Å². The summed E-state index contributed by atoms with van der Waals surface area (Å²) in [7, 11) is 0. The predicted octanol–water partition coefficient (Wildman–Crippen LogP) is 2.75. The summed E-state index contributed by atoms with van der Waals surface area (Å²) in [5, 5.41) is 5.69. The molecule has 0 aliphatic heterocycles. The molecule has 148 valence electrons. The molecule has 2 amide bonds. The van der Waals surface area contributed by atoms with E-state index in [-0.39, 0.29) is 23.4 Å². The molecule has 0 aliphatic carbocycles. The van der Waals surface area contributed by atoms with Crippen molar-refractivity contribution in [3.05, 3.63) is 93.7 Å². The number of H-pyrrole nitrogens is 1. The molecule has 2 aromatic carbocycles. The average Bonchev–Trinajstić information content (AvgIpc) is 2.67. The third-order valence-corrected chi connectivity index (χ3v) is 4.30. The van der Waals surface area contributed by atoms with Gasteiger partial charge in [0.15, 0.2) is 0 Å². The van der Waals surface area contributed by atoms with E-state index in [2.05, 4.69) is 20.6 Å². The predicted molar refractivity (Wildman–Crippen MR) is 111 cm³/mol. The van der Waals surface area contributed by atoms with Gasteiger partial charge in [0.05, 0.1) is 11.7 Å². The summed E-state index contributed by atoms with van der Waals surface area (Å²) in [6, 6.07) is 17.3. The van der Waals surface area contributed by atoms with E-state index in [1.54, 1.807) is 31.2 Å². The van der Waals surface area contributed by atoms with Gasteiger partial charge in [-0.05, 0) is 36.8 Å². The number of aryl methyl sites for hydroxylation is 1. The van der Waals surface area contributed by atoms with Gasteiger partial charge in [0.2, 0.25) is 5.91 Å². The lowest BCUT2D eigenvalue weighted by Gasteiger charge is -2.19. The van der Waals surface area contributed by atoms with Crippen LogP contribution < -0.4 is 16.2 Å². The second kappa shape index (κ2) is 8.97. The van der Waals surface area contributed by atoms with Gasteiger partial charge in [-0.3, -0.25) is 14.4 Å². The molecule has 0 fully saturated rings. The number of rotatable bonds is 6. The highest BCUT2D eigenvalue weighted by Crippen LogP contribution is 2.18. The highest BCUT2D eigenvalue weighted by Gasteiger charge is 2.17. The molecule has 0 saturated carbocycles. The van der Waals surface area contributed by atoms with Crippen molar-refractivity contribution in [2.24, 2.45) is 0 Å². The van der Waals surface area contributed by atoms with Crippen molar-refractivity contribution >= 4 is 17.5 Å². The van der Waals surface area contributed by atoms with Gasteiger partial charge in [0, 0.05) is 30.7 Å². The maximum absolute atomic E-state index is 12.8. The van der Waals surface area contributed by atoms with Crippen LogP contribution in [0.2, 0.25) is 0 Å². The van der Waals surface area contributed by atoms with E-state index < -0.39 is 0 Å². The molecule has 1 aromatic heterocycles. The number of benzene rings is 2. The lowest BCUT2D eigenvalue weighted by molar-refractivity contribution is -0.114. The Balaban J connectivity index is 1.82. The monoisotopic (exact) mass is 390 g/mol. The zero-order valence-electron chi connectivity index (χ0n) is 16.2. The molecular formula is C22H22N4O3. The Morgan fingerprint density at radius 2 is 1.76 bits per heavy atom. The normalized spacial score (nSPS) is 11.5. The molecule has 7 nitrogen and oxygen atoms in total. The van der Waals surface area contributed by atoms with Crippen molar-refractivity contribution in [1.29, 1.82) is 0 Å². The summed E-state index contributed by atoms with van der Waals surface area (Å²) in [6.07, 6.45) is 0.379. The molecule has 0 radical (unpaired) electrons. The minimum atomic E-state index is -0.354. The van der Waals surface area contributed by atoms with E-state index in [0.29, 0.717) is 29.2 Å². The Morgan fingerprint density at radius 1 is 1.07 bits per heavy atom. The summed E-state index contributed by atoms with van der Waals surface area (Å²) in [4.78, 5) is 42.7. The second-order valence-electron chi connectivity index (χ2n) is 6.72. The van der Waals surface area contributed by atoms with E-state index in [0.717, 1.165) is 5.56 Å². The molecule has 3 aromatic rings. The van der Waals surface area contributed by atoms with Crippen LogP contribution in [0.25, 0.3) is 0 Å². The van der Waals surface area contributed by atoms with Crippen molar-refractivity contribution in [3.63, 3.8) is 0 Å². The van der Waals surface area contributed by atoms with Crippen molar-refractivity contribution < 1.29 is 9.59 Å². The molecular weight excluding hydrogens is 368 g/mol. The maximum atomic E-state index is 12.8. The molecule has 7 heteroatoms. The van der Waals surface area contributed by atoms with Crippen molar-refractivity contribution in [1.82, 2.24) is 15.3 Å². The zero-order chi connectivity index (χ0) is 20.8. The molecule has 0 unspecified atom stereocenters. The number of hydrogen-bond acceptors (Lipinski definition) is 4. The SMILES string of the molecule is CC(=O)Nc1ccc(C(=O)N[C@@H](Cc2cc(=O)[nH]c(C)n2)c2ccccc2)cc1. The van der Waals surface area contributed by atoms with Gasteiger partial charge in [-0.15, -0.1) is 0 Å². The molecule has 3 rings (SSSR count). The number of nitrogens with zero attached hydrogens (tertiary/aromatic N) is 1. The number of carbonyl (C=O) groups is 2. The smallest absolute Gasteiger partial charge is 0.251 e. The minimum absolute atomic E-state index is 0.174. The molecule has 1 atom stereocenters. The van der Waals surface area contributed by atoms with Crippen LogP contribution >= 0.6 is 0 Å². The summed E-state index contributed by atoms with van der Waals surface area (Å²) >= 11 is 0. The fourth-order valence-corrected chi connectivity index (χ4v) is 3.04. The molecule has 29 heavy (non-hydrogen) atoms. The Bertz CT molecular complexity index is 1060. The topological polar surface area (TPSA) is 104 Å². The largest absolute Gasteiger partial charge is 0.345 e. The number of aromatic nitrogens is 2. The van der Waals surface area contributed by atoms with E-state index in [1.807, 2.05) is 30.3 Å². The Morgan fingerprint density at radius 3 is 2.38 bits per heavy atom. The third kappa shape index (κ3) is 5.62. The van der Waals surface area contributed by atoms with E-state index >= 15 is 0 Å². The van der Waals surface area contributed by atoms with Gasteiger partial charge in [-0.1, -0.05) is 30.3 Å². The van der Waals surface area contributed by atoms with E-state index in [4.69, 9.17) is 0 Å². The fourth-order valence-electron chi connectivity index (χ4n) is 3.04. The van der Waals surface area contributed by atoms with Crippen LogP contribution in [0.3, 0.4) is 0 Å². The fraction of sp³-hybridized carbons (Fsp3) is 0.182. The van der Waals surface area contributed by atoms with Crippen LogP contribution in [0.1, 0.15) is 40.4 Å². The number of amides is 2. The van der Waals surface area contributed by atoms with Crippen molar-refractivity contribution in [2.75, 3.05) is 5.32 Å². The first-order chi connectivity index (χ1) is 13.9. The van der Waals surface area contributed by atoms with Crippen LogP contribution in [0.15, 0.2) is 65.5 Å². The highest BCUT2D eigenvalue weighted by atomic mass is 16.2. The number of nitrogens with one attached hydrogen (secondary N) is 3. The van der Waals surface area contributed by atoms with Crippen molar-refractivity contribution in [3.8, 4) is 0 Å². The first kappa shape index (κ1) is 20.0. The summed E-state index contributed by atoms with van der Waals surface area (Å²) < 4.78 is 0. The third-order valence-electron chi connectivity index (χ3n) is 4.30. The van der Waals surface area contributed by atoms with Crippen LogP contribution in [0.5, 0.6) is 0 Å². The average molecular weight is 390 g/mol. The standard InChI is InChI=1S/C22H22N4O3/c1-14-23-19(13-21(28)24-14)12-20(16-6-4-3-5-7-16)26-22(29)17-8-10-18(11-9-17)25-15(2)27/h3-11,13,20H,12H2,1-2H3,(H,25,27)(H,26,29)(H,23,24,28)/t20-/m0/s1. The van der Waals surface area contributed by atoms with Gasteiger partial charge < -0.3 is 15.6 Å². The van der Waals surface area contributed by atoms with Crippen LogP contribution in [0, 0.1) is 6.92 Å². The number of carbonyl (C=O) groups excluding carboxylic acids is 2. The number of anilines is 1. The molecule has 0 aliphatic rings. The molecule has 0 bridgehead atoms. The first-order valence-corrected chi connectivity index (χ1v) is 9.21. The summed E-state index contributed by atoms with van der Waals surface area (Å²) in [5.41, 5.74) is 2.38. The number of aromatic amines is 1. The number of hydrogen-bond donors (Lipinski definition) is 3. The first-order valence-electron chi connectivity index (χ1n) is 9.21. The van der Waals surface area contributed by atoms with Gasteiger partial charge in [-0.25, -0.2) is 4.98 Å². The Labute approximate surface area is 168 Å². The summed E-state index contributed by atoms with van der Waals surface area (Å²) in [5.74, 6) is 0.0981. The van der Waals surface area contributed by atoms with E-state index in [9.17, 15) is 14.4 Å². The molecule has 3 N–H and O–H groups in total. The van der Waals surface area contributed by atoms with Gasteiger partial charge in [0.25, 0.3) is 11.5 Å². The van der Waals surface area contributed by atoms with E-state index in [1.165, 1.54) is 13.0 Å². The maximum Gasteiger partial charge on any atom is 0.251 e. The molecule has 0 saturated heterocycles. The van der Waals surface area contributed by atoms with Gasteiger partial charge >= 0.3 is 0 Å². The van der Waals surface area contributed by atoms with Gasteiger partial charge in [-0.2, -0.15) is 0 Å². The molecule has 0 spiro atoms. The Hall–Kier alpha value is -3.74. The highest BCUT2D eigenvalue weighted by molar-refractivity contribution is 5.95. The molecule has 1 heterocycles. The Kier molecular flexibility index (Phi) is 6.19. The van der Waals surface area contributed by atoms with Crippen LogP contribution in [-0.2, 0) is 11.2 Å². The quantitative estimate of drug-likeness (QED) is 0.602. The second-order valence-corrected chi connectivity index (χ2v) is 6.72. The zero-order valence-corrected chi connectivity index (χ0v) is 16.2. The summed E-state index contributed by atoms with van der Waals surface area (Å²) in [6.45, 7) is 3.15. The minimum Gasteiger partial charge on any atom is -0.345 e. The van der Waals surface area contributed by atoms with Crippen molar-refractivity contribution in [2.45, 2.75) is 26.3 Å². The lowest BCUT2D eigenvalue weighted by Crippen LogP contribution is -2.30.